The van der Waals surface area contributed by atoms with E-state index in [0.717, 1.165) is 18.4 Å². The summed E-state index contributed by atoms with van der Waals surface area (Å²) in [6, 6.07) is 6.93. The first kappa shape index (κ1) is 18.9. The summed E-state index contributed by atoms with van der Waals surface area (Å²) < 4.78 is 0. The second kappa shape index (κ2) is 8.12. The van der Waals surface area contributed by atoms with Gasteiger partial charge in [-0.25, -0.2) is 9.97 Å². The third-order valence-corrected chi connectivity index (χ3v) is 4.59. The molecule has 1 amide bonds. The van der Waals surface area contributed by atoms with Gasteiger partial charge in [-0.3, -0.25) is 4.79 Å². The molecule has 2 aromatic rings. The van der Waals surface area contributed by atoms with Gasteiger partial charge in [-0.05, 0) is 31.0 Å². The highest BCUT2D eigenvalue weighted by Crippen LogP contribution is 2.27. The molecule has 1 aliphatic heterocycles. The summed E-state index contributed by atoms with van der Waals surface area (Å²) >= 11 is 12.0. The predicted octanol–water partition coefficient (Wildman–Crippen LogP) is 3.44. The number of piperidine rings is 1. The lowest BCUT2D eigenvalue weighted by Crippen LogP contribution is -2.45. The van der Waals surface area contributed by atoms with E-state index in [9.17, 15) is 4.79 Å². The SMILES string of the molecule is Cl.NC1CCCN(C(=O)c2cc(-c3ccc(Cl)c(Cl)c3)ncn2)C1. The molecule has 1 atom stereocenters. The van der Waals surface area contributed by atoms with Crippen LogP contribution in [0.4, 0.5) is 0 Å². The van der Waals surface area contributed by atoms with Crippen LogP contribution in [0.5, 0.6) is 0 Å². The molecule has 1 unspecified atom stereocenters. The van der Waals surface area contributed by atoms with Crippen LogP contribution in [0.25, 0.3) is 11.3 Å². The third-order valence-electron chi connectivity index (χ3n) is 3.85. The van der Waals surface area contributed by atoms with Crippen LogP contribution in [0.3, 0.4) is 0 Å². The zero-order chi connectivity index (χ0) is 16.4. The average molecular weight is 388 g/mol. The summed E-state index contributed by atoms with van der Waals surface area (Å²) in [6.45, 7) is 1.27. The van der Waals surface area contributed by atoms with Crippen molar-refractivity contribution in [2.24, 2.45) is 5.73 Å². The Morgan fingerprint density at radius 2 is 2.00 bits per heavy atom. The largest absolute Gasteiger partial charge is 0.336 e. The number of halogens is 3. The molecule has 128 valence electrons. The van der Waals surface area contributed by atoms with Crippen LogP contribution in [-0.4, -0.2) is 39.9 Å². The van der Waals surface area contributed by atoms with Crippen molar-refractivity contribution in [2.75, 3.05) is 13.1 Å². The first-order chi connectivity index (χ1) is 11.0. The van der Waals surface area contributed by atoms with Crippen molar-refractivity contribution < 1.29 is 4.79 Å². The molecule has 1 fully saturated rings. The molecule has 3 rings (SSSR count). The van der Waals surface area contributed by atoms with Gasteiger partial charge in [-0.1, -0.05) is 29.3 Å². The molecule has 2 heterocycles. The third kappa shape index (κ3) is 4.16. The van der Waals surface area contributed by atoms with E-state index in [2.05, 4.69) is 9.97 Å². The molecule has 1 aromatic heterocycles. The van der Waals surface area contributed by atoms with Gasteiger partial charge in [0.2, 0.25) is 0 Å². The van der Waals surface area contributed by atoms with Gasteiger partial charge in [0, 0.05) is 24.7 Å². The maximum Gasteiger partial charge on any atom is 0.272 e. The van der Waals surface area contributed by atoms with E-state index in [-0.39, 0.29) is 24.4 Å². The Morgan fingerprint density at radius 1 is 1.21 bits per heavy atom. The lowest BCUT2D eigenvalue weighted by atomic mass is 10.1. The second-order valence-corrected chi connectivity index (χ2v) is 6.39. The summed E-state index contributed by atoms with van der Waals surface area (Å²) in [5.74, 6) is -0.121. The number of aromatic nitrogens is 2. The minimum atomic E-state index is -0.121. The minimum absolute atomic E-state index is 0. The predicted molar refractivity (Wildman–Crippen MR) is 97.8 cm³/mol. The smallest absolute Gasteiger partial charge is 0.272 e. The van der Waals surface area contributed by atoms with Crippen molar-refractivity contribution in [3.8, 4) is 11.3 Å². The van der Waals surface area contributed by atoms with E-state index in [1.54, 1.807) is 23.1 Å². The molecule has 2 N–H and O–H groups in total. The van der Waals surface area contributed by atoms with Crippen molar-refractivity contribution in [3.63, 3.8) is 0 Å². The summed E-state index contributed by atoms with van der Waals surface area (Å²) in [4.78, 5) is 22.6. The zero-order valence-corrected chi connectivity index (χ0v) is 15.1. The van der Waals surface area contributed by atoms with Crippen molar-refractivity contribution in [2.45, 2.75) is 18.9 Å². The molecule has 5 nitrogen and oxygen atoms in total. The average Bonchev–Trinajstić information content (AvgIpc) is 2.57. The lowest BCUT2D eigenvalue weighted by molar-refractivity contribution is 0.0702. The number of carbonyl (C=O) groups is 1. The van der Waals surface area contributed by atoms with E-state index < -0.39 is 0 Å². The monoisotopic (exact) mass is 386 g/mol. The number of nitrogens with zero attached hydrogens (tertiary/aromatic N) is 3. The Labute approximate surface area is 156 Å². The molecule has 0 spiro atoms. The second-order valence-electron chi connectivity index (χ2n) is 5.57. The number of nitrogens with two attached hydrogens (primary N) is 1. The number of carbonyl (C=O) groups excluding carboxylic acids is 1. The van der Waals surface area contributed by atoms with Crippen molar-refractivity contribution >= 4 is 41.5 Å². The van der Waals surface area contributed by atoms with Gasteiger partial charge in [-0.15, -0.1) is 12.4 Å². The van der Waals surface area contributed by atoms with Crippen LogP contribution in [0.2, 0.25) is 10.0 Å². The van der Waals surface area contributed by atoms with Crippen LogP contribution in [0, 0.1) is 0 Å². The Bertz CT molecular complexity index is 741. The van der Waals surface area contributed by atoms with Crippen LogP contribution in [0.15, 0.2) is 30.6 Å². The van der Waals surface area contributed by atoms with E-state index in [1.165, 1.54) is 6.33 Å². The van der Waals surface area contributed by atoms with E-state index in [4.69, 9.17) is 28.9 Å². The van der Waals surface area contributed by atoms with Gasteiger partial charge in [0.05, 0.1) is 15.7 Å². The molecular weight excluding hydrogens is 371 g/mol. The fraction of sp³-hybridized carbons (Fsp3) is 0.312. The molecular formula is C16H17Cl3N4O. The maximum atomic E-state index is 12.6. The molecule has 1 saturated heterocycles. The molecule has 24 heavy (non-hydrogen) atoms. The summed E-state index contributed by atoms with van der Waals surface area (Å²) in [5, 5.41) is 0.917. The summed E-state index contributed by atoms with van der Waals surface area (Å²) in [5.41, 5.74) is 7.71. The molecule has 8 heteroatoms. The summed E-state index contributed by atoms with van der Waals surface area (Å²) in [7, 11) is 0. The van der Waals surface area contributed by atoms with Gasteiger partial charge >= 0.3 is 0 Å². The number of benzene rings is 1. The van der Waals surface area contributed by atoms with Crippen molar-refractivity contribution in [1.29, 1.82) is 0 Å². The van der Waals surface area contributed by atoms with Crippen molar-refractivity contribution in [3.05, 3.63) is 46.3 Å². The highest BCUT2D eigenvalue weighted by molar-refractivity contribution is 6.42. The summed E-state index contributed by atoms with van der Waals surface area (Å²) in [6.07, 6.45) is 3.24. The van der Waals surface area contributed by atoms with Crippen LogP contribution < -0.4 is 5.73 Å². The molecule has 1 aliphatic rings. The Balaban J connectivity index is 0.00000208. The number of rotatable bonds is 2. The highest BCUT2D eigenvalue weighted by Gasteiger charge is 2.23. The van der Waals surface area contributed by atoms with Gasteiger partial charge < -0.3 is 10.6 Å². The Hall–Kier alpha value is -1.40. The molecule has 0 aliphatic carbocycles. The first-order valence-electron chi connectivity index (χ1n) is 7.37. The van der Waals surface area contributed by atoms with Crippen LogP contribution in [0.1, 0.15) is 23.3 Å². The normalized spacial score (nSPS) is 17.3. The standard InChI is InChI=1S/C16H16Cl2N4O.ClH/c17-12-4-3-10(6-13(12)18)14-7-15(21-9-20-14)16(23)22-5-1-2-11(19)8-22;/h3-4,6-7,9,11H,1-2,5,8,19H2;1H. The highest BCUT2D eigenvalue weighted by atomic mass is 35.5. The van der Waals surface area contributed by atoms with E-state index in [0.29, 0.717) is 34.5 Å². The van der Waals surface area contributed by atoms with Crippen molar-refractivity contribution in [1.82, 2.24) is 14.9 Å². The maximum absolute atomic E-state index is 12.6. The fourth-order valence-electron chi connectivity index (χ4n) is 2.64. The molecule has 0 radical (unpaired) electrons. The number of hydrogen-bond acceptors (Lipinski definition) is 4. The van der Waals surface area contributed by atoms with Crippen LogP contribution in [-0.2, 0) is 0 Å². The van der Waals surface area contributed by atoms with Crippen LogP contribution >= 0.6 is 35.6 Å². The molecule has 1 aromatic carbocycles. The molecule has 0 saturated carbocycles. The Morgan fingerprint density at radius 3 is 2.71 bits per heavy atom. The minimum Gasteiger partial charge on any atom is -0.336 e. The molecule has 0 bridgehead atoms. The van der Waals surface area contributed by atoms with Gasteiger partial charge in [0.1, 0.15) is 12.0 Å². The zero-order valence-electron chi connectivity index (χ0n) is 12.8. The Kier molecular flexibility index (Phi) is 6.40. The quantitative estimate of drug-likeness (QED) is 0.857. The van der Waals surface area contributed by atoms with Gasteiger partial charge in [0.25, 0.3) is 5.91 Å². The first-order valence-corrected chi connectivity index (χ1v) is 8.12. The number of likely N-dealkylation sites (tertiary alicyclic amines) is 1. The van der Waals surface area contributed by atoms with E-state index in [1.807, 2.05) is 6.07 Å². The van der Waals surface area contributed by atoms with E-state index >= 15 is 0 Å². The lowest BCUT2D eigenvalue weighted by Gasteiger charge is -2.30. The van der Waals surface area contributed by atoms with Gasteiger partial charge in [-0.2, -0.15) is 0 Å². The fourth-order valence-corrected chi connectivity index (χ4v) is 2.94. The topological polar surface area (TPSA) is 72.1 Å². The number of hydrogen-bond donors (Lipinski definition) is 1. The van der Waals surface area contributed by atoms with Gasteiger partial charge in [0.15, 0.2) is 0 Å². The number of amides is 1.